The molecule has 0 atom stereocenters. The molecule has 0 unspecified atom stereocenters. The second kappa shape index (κ2) is 18.1. The molecule has 4 aliphatic carbocycles. The van der Waals surface area contributed by atoms with Crippen LogP contribution in [0.1, 0.15) is 44.5 Å². The zero-order valence-electron chi connectivity index (χ0n) is 48.5. The fourth-order valence-electron chi connectivity index (χ4n) is 17.3. The molecule has 0 bridgehead atoms. The highest BCUT2D eigenvalue weighted by atomic mass is 15.0. The summed E-state index contributed by atoms with van der Waals surface area (Å²) in [6.45, 7) is 0. The van der Waals surface area contributed by atoms with E-state index in [9.17, 15) is 0 Å². The van der Waals surface area contributed by atoms with Crippen LogP contribution in [-0.4, -0.2) is 4.57 Å². The van der Waals surface area contributed by atoms with Crippen LogP contribution in [-0.2, 0) is 10.8 Å². The molecule has 0 amide bonds. The quantitative estimate of drug-likeness (QED) is 0.151. The first kappa shape index (κ1) is 48.8. The first-order chi connectivity index (χ1) is 44.2. The van der Waals surface area contributed by atoms with Gasteiger partial charge in [-0.1, -0.05) is 273 Å². The zero-order chi connectivity index (χ0) is 58.1. The van der Waals surface area contributed by atoms with Crippen molar-refractivity contribution in [1.82, 2.24) is 4.57 Å². The normalized spacial score (nSPS) is 13.8. The lowest BCUT2D eigenvalue weighted by atomic mass is 9.70. The van der Waals surface area contributed by atoms with Crippen LogP contribution in [0.3, 0.4) is 0 Å². The van der Waals surface area contributed by atoms with E-state index in [4.69, 9.17) is 0 Å². The molecule has 1 aromatic heterocycles. The summed E-state index contributed by atoms with van der Waals surface area (Å²) in [7, 11) is 0. The van der Waals surface area contributed by atoms with Gasteiger partial charge in [-0.25, -0.2) is 0 Å². The smallest absolute Gasteiger partial charge is 0.0725 e. The van der Waals surface area contributed by atoms with Gasteiger partial charge in [0, 0.05) is 16.5 Å². The topological polar surface area (TPSA) is 4.93 Å². The van der Waals surface area contributed by atoms with Gasteiger partial charge in [-0.2, -0.15) is 0 Å². The lowest BCUT2D eigenvalue weighted by Gasteiger charge is -2.30. The highest BCUT2D eigenvalue weighted by Crippen LogP contribution is 2.65. The third-order valence-corrected chi connectivity index (χ3v) is 20.8. The summed E-state index contributed by atoms with van der Waals surface area (Å²) in [5.74, 6) is 0. The lowest BCUT2D eigenvalue weighted by molar-refractivity contribution is 0.794. The molecule has 89 heavy (non-hydrogen) atoms. The maximum absolute atomic E-state index is 2.53. The largest absolute Gasteiger partial charge is 0.309 e. The molecule has 0 saturated heterocycles. The molecule has 4 aliphatic rings. The van der Waals surface area contributed by atoms with Crippen LogP contribution in [0.5, 0.6) is 0 Å². The standard InChI is InChI=1S/C88H53N/c1-3-21-54(22-4-1)85-69-31-7-8-32-70(69)86(55-23-5-2-6-24-55)74-53-60(43-46-71(74)85)89-83-47-41-56(58-39-44-67-65-29-13-19-37-79(65)87(81(67)51-58)75-33-15-9-25-61(75)62-26-10-16-34-76(62)87)49-72(83)73-50-57(42-48-84(73)89)59-40-45-68-66-30-14-20-38-80(66)88(82(68)52-59)77-35-17-11-27-63(77)64-28-12-18-36-78(64)88/h1-53H. The van der Waals surface area contributed by atoms with E-state index in [-0.39, 0.29) is 0 Å². The van der Waals surface area contributed by atoms with Crippen LogP contribution in [0.4, 0.5) is 0 Å². The van der Waals surface area contributed by atoms with Crippen molar-refractivity contribution in [2.45, 2.75) is 10.8 Å². The zero-order valence-corrected chi connectivity index (χ0v) is 48.5. The van der Waals surface area contributed by atoms with Gasteiger partial charge in [0.1, 0.15) is 0 Å². The minimum absolute atomic E-state index is 0.441. The van der Waals surface area contributed by atoms with E-state index in [1.165, 1.54) is 166 Å². The minimum Gasteiger partial charge on any atom is -0.309 e. The highest BCUT2D eigenvalue weighted by molar-refractivity contribution is 6.22. The van der Waals surface area contributed by atoms with Crippen molar-refractivity contribution in [2.75, 3.05) is 0 Å². The Bertz CT molecular complexity index is 5360. The number of hydrogen-bond donors (Lipinski definition) is 0. The molecular formula is C88H53N. The van der Waals surface area contributed by atoms with Gasteiger partial charge in [0.05, 0.1) is 21.9 Å². The van der Waals surface area contributed by atoms with Crippen LogP contribution in [0, 0.1) is 0 Å². The average Bonchev–Trinajstić information content (AvgIpc) is 1.53. The predicted molar refractivity (Wildman–Crippen MR) is 370 cm³/mol. The van der Waals surface area contributed by atoms with Crippen LogP contribution in [0.2, 0.25) is 0 Å². The molecule has 1 heterocycles. The highest BCUT2D eigenvalue weighted by Gasteiger charge is 2.53. The molecule has 15 aromatic carbocycles. The van der Waals surface area contributed by atoms with E-state index >= 15 is 0 Å². The first-order valence-corrected chi connectivity index (χ1v) is 31.2. The van der Waals surface area contributed by atoms with E-state index in [2.05, 4.69) is 326 Å². The van der Waals surface area contributed by atoms with Crippen molar-refractivity contribution in [2.24, 2.45) is 0 Å². The van der Waals surface area contributed by atoms with Crippen LogP contribution in [0.25, 0.3) is 138 Å². The number of hydrogen-bond acceptors (Lipinski definition) is 0. The number of nitrogens with zero attached hydrogens (tertiary/aromatic N) is 1. The third kappa shape index (κ3) is 6.38. The van der Waals surface area contributed by atoms with Gasteiger partial charge in [-0.15, -0.1) is 0 Å². The fourth-order valence-corrected chi connectivity index (χ4v) is 17.3. The van der Waals surface area contributed by atoms with Crippen molar-refractivity contribution < 1.29 is 0 Å². The maximum Gasteiger partial charge on any atom is 0.0725 e. The first-order valence-electron chi connectivity index (χ1n) is 31.2. The van der Waals surface area contributed by atoms with Gasteiger partial charge in [-0.3, -0.25) is 0 Å². The number of fused-ring (bicyclic) bond motifs is 25. The average molecular weight is 1120 g/mol. The van der Waals surface area contributed by atoms with E-state index in [0.717, 1.165) is 16.7 Å². The number of rotatable bonds is 5. The van der Waals surface area contributed by atoms with E-state index in [1.807, 2.05) is 0 Å². The molecule has 0 saturated carbocycles. The molecule has 1 heteroatoms. The molecule has 20 rings (SSSR count). The van der Waals surface area contributed by atoms with Crippen LogP contribution in [0.15, 0.2) is 322 Å². The Morgan fingerprint density at radius 1 is 0.180 bits per heavy atom. The summed E-state index contributed by atoms with van der Waals surface area (Å²) in [5, 5.41) is 7.37. The van der Waals surface area contributed by atoms with Gasteiger partial charge in [0.25, 0.3) is 0 Å². The number of aromatic nitrogens is 1. The number of benzene rings is 15. The van der Waals surface area contributed by atoms with Gasteiger partial charge >= 0.3 is 0 Å². The van der Waals surface area contributed by atoms with Gasteiger partial charge in [-0.05, 0) is 204 Å². The van der Waals surface area contributed by atoms with Crippen molar-refractivity contribution in [3.05, 3.63) is 366 Å². The second-order valence-electron chi connectivity index (χ2n) is 24.9. The van der Waals surface area contributed by atoms with Gasteiger partial charge in [0.2, 0.25) is 0 Å². The Morgan fingerprint density at radius 3 is 0.876 bits per heavy atom. The van der Waals surface area contributed by atoms with E-state index in [0.29, 0.717) is 0 Å². The molecule has 1 nitrogen and oxygen atoms in total. The summed E-state index contributed by atoms with van der Waals surface area (Å²) < 4.78 is 2.53. The Kier molecular flexibility index (Phi) is 9.92. The van der Waals surface area contributed by atoms with Gasteiger partial charge in [0.15, 0.2) is 0 Å². The van der Waals surface area contributed by atoms with Crippen molar-refractivity contribution in [3.8, 4) is 94.7 Å². The van der Waals surface area contributed by atoms with E-state index < -0.39 is 10.8 Å². The summed E-state index contributed by atoms with van der Waals surface area (Å²) in [6.07, 6.45) is 0. The molecule has 0 radical (unpaired) electrons. The van der Waals surface area contributed by atoms with Crippen LogP contribution >= 0.6 is 0 Å². The third-order valence-electron chi connectivity index (χ3n) is 20.8. The fraction of sp³-hybridized carbons (Fsp3) is 0.0227. The predicted octanol–water partition coefficient (Wildman–Crippen LogP) is 22.4. The molecule has 410 valence electrons. The van der Waals surface area contributed by atoms with Crippen molar-refractivity contribution in [1.29, 1.82) is 0 Å². The summed E-state index contributed by atoms with van der Waals surface area (Å²) in [5.41, 5.74) is 33.6. The Balaban J connectivity index is 0.833. The van der Waals surface area contributed by atoms with E-state index in [1.54, 1.807) is 0 Å². The van der Waals surface area contributed by atoms with Crippen LogP contribution < -0.4 is 0 Å². The summed E-state index contributed by atoms with van der Waals surface area (Å²) in [4.78, 5) is 0. The van der Waals surface area contributed by atoms with Crippen molar-refractivity contribution in [3.63, 3.8) is 0 Å². The SMILES string of the molecule is c1ccc(-c2c3ccccc3c(-c3ccccc3)c3cc(-n4c5ccc(-c6ccc7c(c6)C6(c8ccccc8-c8ccccc86)c6ccccc6-7)cc5c5cc(-c6ccc7c(c6)C6(c8ccccc8-c8ccccc86)c6ccccc6-7)ccc54)ccc23)cc1. The maximum atomic E-state index is 2.53. The molecule has 0 aliphatic heterocycles. The molecule has 2 spiro atoms. The minimum atomic E-state index is -0.441. The monoisotopic (exact) mass is 1120 g/mol. The molecule has 0 fully saturated rings. The molecule has 0 N–H and O–H groups in total. The molecular weight excluding hydrogens is 1070 g/mol. The Labute approximate surface area is 516 Å². The van der Waals surface area contributed by atoms with Crippen molar-refractivity contribution >= 4 is 43.4 Å². The molecule has 16 aromatic rings. The lowest BCUT2D eigenvalue weighted by Crippen LogP contribution is -2.25. The Hall–Kier alpha value is -11.4. The summed E-state index contributed by atoms with van der Waals surface area (Å²) in [6, 6.07) is 122. The Morgan fingerprint density at radius 2 is 0.483 bits per heavy atom. The van der Waals surface area contributed by atoms with Gasteiger partial charge < -0.3 is 4.57 Å². The summed E-state index contributed by atoms with van der Waals surface area (Å²) >= 11 is 0. The second-order valence-corrected chi connectivity index (χ2v) is 24.9.